The third-order valence-electron chi connectivity index (χ3n) is 5.90. The van der Waals surface area contributed by atoms with Crippen molar-refractivity contribution in [2.75, 3.05) is 5.32 Å². The van der Waals surface area contributed by atoms with E-state index in [2.05, 4.69) is 15.2 Å². The number of carboxylic acid groups (broad SMARTS) is 1. The second-order valence-electron chi connectivity index (χ2n) is 8.85. The summed E-state index contributed by atoms with van der Waals surface area (Å²) in [5, 5.41) is 18.0. The Hall–Kier alpha value is -4.14. The summed E-state index contributed by atoms with van der Waals surface area (Å²) < 4.78 is 102. The number of hydrogen-bond acceptors (Lipinski definition) is 7. The van der Waals surface area contributed by atoms with E-state index >= 15 is 0 Å². The molecule has 3 heterocycles. The summed E-state index contributed by atoms with van der Waals surface area (Å²) >= 11 is 0. The van der Waals surface area contributed by atoms with E-state index in [0.29, 0.717) is 11.6 Å². The van der Waals surface area contributed by atoms with Crippen molar-refractivity contribution >= 4 is 11.8 Å². The molecule has 0 saturated heterocycles. The first-order valence-corrected chi connectivity index (χ1v) is 11.8. The Kier molecular flexibility index (Phi) is 8.05. The lowest BCUT2D eigenvalue weighted by Gasteiger charge is -2.32. The predicted molar refractivity (Wildman–Crippen MR) is 126 cm³/mol. The first-order valence-electron chi connectivity index (χ1n) is 11.8. The standard InChI is InChI=1S/C25H22F6N4O5/c1-14-8-4-3-7-11-23(25(29,30)31,38-13-15-9-5-2-6-10-15)21-35-34-20(40-21)18-17(32-22(36)37)12-16(24(26,27)28)19(33-18)39-14/h2-6,9-10,12,14,32H,7-8,11,13H2,1H3,(H,36,37). The lowest BCUT2D eigenvalue weighted by atomic mass is 9.95. The molecule has 4 rings (SSSR count). The van der Waals surface area contributed by atoms with Crippen molar-refractivity contribution in [3.63, 3.8) is 0 Å². The second kappa shape index (κ2) is 11.2. The largest absolute Gasteiger partial charge is 0.474 e. The van der Waals surface area contributed by atoms with Crippen LogP contribution in [0.2, 0.25) is 0 Å². The van der Waals surface area contributed by atoms with Crippen LogP contribution in [0.3, 0.4) is 0 Å². The summed E-state index contributed by atoms with van der Waals surface area (Å²) in [7, 11) is 0. The number of anilines is 1. The minimum Gasteiger partial charge on any atom is -0.474 e. The van der Waals surface area contributed by atoms with E-state index in [4.69, 9.17) is 13.9 Å². The maximum absolute atomic E-state index is 14.7. The average Bonchev–Trinajstić information content (AvgIpc) is 3.35. The number of carbonyl (C=O) groups is 1. The number of ether oxygens (including phenoxy) is 2. The van der Waals surface area contributed by atoms with Crippen LogP contribution in [0.15, 0.2) is 53.0 Å². The van der Waals surface area contributed by atoms with Crippen molar-refractivity contribution in [1.82, 2.24) is 15.2 Å². The van der Waals surface area contributed by atoms with Crippen molar-refractivity contribution in [3.05, 3.63) is 65.6 Å². The van der Waals surface area contributed by atoms with E-state index in [9.17, 15) is 36.2 Å². The number of alkyl halides is 6. The molecule has 0 fully saturated rings. The summed E-state index contributed by atoms with van der Waals surface area (Å²) in [6, 6.07) is 8.43. The topological polar surface area (TPSA) is 120 Å². The van der Waals surface area contributed by atoms with Gasteiger partial charge in [0.15, 0.2) is 5.69 Å². The number of hydrogen-bond donors (Lipinski definition) is 2. The number of benzene rings is 1. The Balaban J connectivity index is 1.91. The lowest BCUT2D eigenvalue weighted by molar-refractivity contribution is -0.299. The Bertz CT molecular complexity index is 1380. The fraction of sp³-hybridized carbons (Fsp3) is 0.360. The minimum atomic E-state index is -5.08. The normalized spacial score (nSPS) is 19.9. The first kappa shape index (κ1) is 28.9. The molecule has 1 amide bonds. The van der Waals surface area contributed by atoms with Gasteiger partial charge in [0.2, 0.25) is 11.5 Å². The fourth-order valence-corrected chi connectivity index (χ4v) is 3.94. The zero-order valence-corrected chi connectivity index (χ0v) is 20.7. The number of nitrogens with one attached hydrogen (secondary N) is 1. The smallest absolute Gasteiger partial charge is 0.426 e. The molecule has 1 aliphatic heterocycles. The molecule has 4 bridgehead atoms. The third-order valence-corrected chi connectivity index (χ3v) is 5.90. The quantitative estimate of drug-likeness (QED) is 0.261. The van der Waals surface area contributed by atoms with Gasteiger partial charge in [0.1, 0.15) is 11.7 Å². The molecule has 1 aliphatic rings. The Morgan fingerprint density at radius 1 is 1.15 bits per heavy atom. The van der Waals surface area contributed by atoms with Crippen LogP contribution in [0.4, 0.5) is 36.8 Å². The van der Waals surface area contributed by atoms with Crippen LogP contribution < -0.4 is 10.1 Å². The van der Waals surface area contributed by atoms with Crippen LogP contribution in [0.25, 0.3) is 11.6 Å². The molecule has 2 aromatic heterocycles. The van der Waals surface area contributed by atoms with Gasteiger partial charge in [-0.3, -0.25) is 5.32 Å². The van der Waals surface area contributed by atoms with Gasteiger partial charge in [0.05, 0.1) is 12.3 Å². The molecular weight excluding hydrogens is 550 g/mol. The highest BCUT2D eigenvalue weighted by Crippen LogP contribution is 2.47. The van der Waals surface area contributed by atoms with Crippen molar-refractivity contribution in [2.45, 2.75) is 56.9 Å². The van der Waals surface area contributed by atoms with Crippen molar-refractivity contribution in [1.29, 1.82) is 0 Å². The Labute approximate surface area is 222 Å². The van der Waals surface area contributed by atoms with Crippen molar-refractivity contribution in [3.8, 4) is 17.5 Å². The van der Waals surface area contributed by atoms with Crippen LogP contribution in [-0.2, 0) is 23.1 Å². The number of fused-ring (bicyclic) bond motifs is 5. The van der Waals surface area contributed by atoms with Crippen LogP contribution in [0.1, 0.15) is 43.2 Å². The zero-order chi connectivity index (χ0) is 29.1. The molecule has 40 heavy (non-hydrogen) atoms. The highest BCUT2D eigenvalue weighted by molar-refractivity contribution is 5.88. The SMILES string of the molecule is CC1CC=CCCC(OCc2ccccc2)(C(F)(F)F)c2nnc(o2)-c2nc(c(C(F)(F)F)cc2NC(=O)O)O1. The van der Waals surface area contributed by atoms with Gasteiger partial charge in [-0.2, -0.15) is 26.3 Å². The van der Waals surface area contributed by atoms with Crippen molar-refractivity contribution in [2.24, 2.45) is 0 Å². The Morgan fingerprint density at radius 3 is 2.52 bits per heavy atom. The molecule has 0 radical (unpaired) electrons. The molecule has 15 heteroatoms. The highest BCUT2D eigenvalue weighted by Gasteiger charge is 2.61. The van der Waals surface area contributed by atoms with E-state index in [0.717, 1.165) is 0 Å². The van der Waals surface area contributed by atoms with Crippen LogP contribution in [-0.4, -0.2) is 38.7 Å². The van der Waals surface area contributed by atoms with E-state index in [1.54, 1.807) is 35.6 Å². The van der Waals surface area contributed by atoms with E-state index in [-0.39, 0.29) is 12.8 Å². The van der Waals surface area contributed by atoms with Gasteiger partial charge in [-0.1, -0.05) is 42.5 Å². The molecule has 9 nitrogen and oxygen atoms in total. The highest BCUT2D eigenvalue weighted by atomic mass is 19.4. The first-order chi connectivity index (χ1) is 18.8. The lowest BCUT2D eigenvalue weighted by Crippen LogP contribution is -2.45. The third kappa shape index (κ3) is 6.19. The predicted octanol–water partition coefficient (Wildman–Crippen LogP) is 6.72. The Morgan fingerprint density at radius 2 is 1.88 bits per heavy atom. The molecule has 2 atom stereocenters. The molecule has 1 aromatic carbocycles. The van der Waals surface area contributed by atoms with Crippen LogP contribution in [0.5, 0.6) is 5.88 Å². The molecule has 2 unspecified atom stereocenters. The number of halogens is 6. The van der Waals surface area contributed by atoms with Crippen LogP contribution in [0, 0.1) is 0 Å². The van der Waals surface area contributed by atoms with Gasteiger partial charge >= 0.3 is 18.4 Å². The summed E-state index contributed by atoms with van der Waals surface area (Å²) in [5.41, 5.74) is -5.53. The molecule has 2 N–H and O–H groups in total. The van der Waals surface area contributed by atoms with Gasteiger partial charge in [-0.15, -0.1) is 10.2 Å². The molecule has 0 aliphatic carbocycles. The monoisotopic (exact) mass is 572 g/mol. The van der Waals surface area contributed by atoms with Gasteiger partial charge < -0.3 is 19.0 Å². The minimum absolute atomic E-state index is 0.0335. The van der Waals surface area contributed by atoms with E-state index in [1.807, 2.05) is 0 Å². The van der Waals surface area contributed by atoms with Crippen molar-refractivity contribution < 1.29 is 50.1 Å². The molecule has 214 valence electrons. The number of aromatic nitrogens is 3. The summed E-state index contributed by atoms with van der Waals surface area (Å²) in [4.78, 5) is 15.1. The van der Waals surface area contributed by atoms with Gasteiger partial charge in [0.25, 0.3) is 11.8 Å². The maximum atomic E-state index is 14.7. The fourth-order valence-electron chi connectivity index (χ4n) is 3.94. The summed E-state index contributed by atoms with van der Waals surface area (Å²) in [6.45, 7) is 0.954. The summed E-state index contributed by atoms with van der Waals surface area (Å²) in [6.07, 6.45) is -10.7. The number of pyridine rings is 1. The molecular formula is C25H22F6N4O5. The number of rotatable bonds is 4. The van der Waals surface area contributed by atoms with Crippen LogP contribution >= 0.6 is 0 Å². The molecule has 0 saturated carbocycles. The number of nitrogens with zero attached hydrogens (tertiary/aromatic N) is 3. The van der Waals surface area contributed by atoms with E-state index in [1.165, 1.54) is 19.1 Å². The van der Waals surface area contributed by atoms with Gasteiger partial charge in [0, 0.05) is 6.42 Å². The number of allylic oxidation sites excluding steroid dienone is 1. The molecule has 0 spiro atoms. The maximum Gasteiger partial charge on any atom is 0.426 e. The van der Waals surface area contributed by atoms with Gasteiger partial charge in [-0.05, 0) is 31.4 Å². The zero-order valence-electron chi connectivity index (χ0n) is 20.7. The summed E-state index contributed by atoms with van der Waals surface area (Å²) in [5.74, 6) is -2.76. The number of amides is 1. The average molecular weight is 572 g/mol. The van der Waals surface area contributed by atoms with Gasteiger partial charge in [-0.25, -0.2) is 9.78 Å². The molecule has 3 aromatic rings. The van der Waals surface area contributed by atoms with E-state index < -0.39 is 77.8 Å². The second-order valence-corrected chi connectivity index (χ2v) is 8.85.